The quantitative estimate of drug-likeness (QED) is 0.704. The lowest BCUT2D eigenvalue weighted by atomic mass is 9.85. The molecule has 7 nitrogen and oxygen atoms in total. The van der Waals surface area contributed by atoms with Crippen LogP contribution in [0.15, 0.2) is 30.4 Å². The molecule has 0 saturated heterocycles. The third-order valence-corrected chi connectivity index (χ3v) is 5.18. The number of benzene rings is 1. The van der Waals surface area contributed by atoms with Crippen LogP contribution in [0, 0.1) is 24.2 Å². The maximum absolute atomic E-state index is 9.52. The number of aromatic nitrogens is 2. The summed E-state index contributed by atoms with van der Waals surface area (Å²) < 4.78 is 5.35. The first kappa shape index (κ1) is 18.3. The highest BCUT2D eigenvalue weighted by molar-refractivity contribution is 6.51. The van der Waals surface area contributed by atoms with Crippen molar-refractivity contribution in [2.45, 2.75) is 38.6 Å². The van der Waals surface area contributed by atoms with Crippen molar-refractivity contribution in [1.82, 2.24) is 9.97 Å². The second-order valence-electron chi connectivity index (χ2n) is 7.24. The predicted octanol–water partition coefficient (Wildman–Crippen LogP) is 3.45. The fourth-order valence-electron chi connectivity index (χ4n) is 3.63. The highest BCUT2D eigenvalue weighted by Crippen LogP contribution is 2.30. The number of nitrogens with one attached hydrogen (secondary N) is 2. The molecule has 1 fully saturated rings. The molecule has 2 aromatic rings. The third-order valence-electron chi connectivity index (χ3n) is 5.18. The van der Waals surface area contributed by atoms with Crippen LogP contribution in [0.4, 0.5) is 17.5 Å². The second-order valence-corrected chi connectivity index (χ2v) is 7.24. The lowest BCUT2D eigenvalue weighted by molar-refractivity contribution is 0.388. The van der Waals surface area contributed by atoms with Crippen LogP contribution in [0.2, 0.25) is 0 Å². The van der Waals surface area contributed by atoms with Gasteiger partial charge in [0.15, 0.2) is 0 Å². The number of nitriles is 1. The Bertz CT molecular complexity index is 943. The molecule has 2 atom stereocenters. The summed E-state index contributed by atoms with van der Waals surface area (Å²) in [5.74, 6) is 3.48. The van der Waals surface area contributed by atoms with Gasteiger partial charge < -0.3 is 20.3 Å². The first-order chi connectivity index (χ1) is 13.6. The van der Waals surface area contributed by atoms with Crippen molar-refractivity contribution in [1.29, 1.82) is 5.26 Å². The zero-order valence-electron chi connectivity index (χ0n) is 15.7. The SMILES string of the molecule is Cc1cnc(Nc2ccc3c(c2)C=CB(O)O3)nc1NC1CCCC[C@@H]1C#N. The van der Waals surface area contributed by atoms with Gasteiger partial charge in [-0.05, 0) is 43.9 Å². The van der Waals surface area contributed by atoms with Crippen LogP contribution in [0.1, 0.15) is 36.8 Å². The minimum Gasteiger partial charge on any atom is -0.532 e. The summed E-state index contributed by atoms with van der Waals surface area (Å²) in [5, 5.41) is 25.6. The minimum atomic E-state index is -0.905. The van der Waals surface area contributed by atoms with Gasteiger partial charge in [0.05, 0.1) is 12.0 Å². The van der Waals surface area contributed by atoms with E-state index in [4.69, 9.17) is 4.65 Å². The Morgan fingerprint density at radius 3 is 3.04 bits per heavy atom. The van der Waals surface area contributed by atoms with Gasteiger partial charge in [-0.3, -0.25) is 0 Å². The van der Waals surface area contributed by atoms with Crippen molar-refractivity contribution in [3.05, 3.63) is 41.5 Å². The van der Waals surface area contributed by atoms with Crippen LogP contribution < -0.4 is 15.3 Å². The molecule has 0 amide bonds. The van der Waals surface area contributed by atoms with Gasteiger partial charge in [0.2, 0.25) is 5.95 Å². The Balaban J connectivity index is 1.52. The number of fused-ring (bicyclic) bond motifs is 1. The van der Waals surface area contributed by atoms with Crippen LogP contribution >= 0.6 is 0 Å². The van der Waals surface area contributed by atoms with Gasteiger partial charge in [0.1, 0.15) is 11.6 Å². The van der Waals surface area contributed by atoms with Gasteiger partial charge >= 0.3 is 7.12 Å². The highest BCUT2D eigenvalue weighted by atomic mass is 16.5. The fraction of sp³-hybridized carbons (Fsp3) is 0.350. The molecular weight excluding hydrogens is 353 g/mol. The van der Waals surface area contributed by atoms with Crippen molar-refractivity contribution in [3.8, 4) is 11.8 Å². The van der Waals surface area contributed by atoms with Crippen LogP contribution in [-0.4, -0.2) is 28.2 Å². The Kier molecular flexibility index (Phi) is 5.17. The van der Waals surface area contributed by atoms with E-state index in [0.717, 1.165) is 48.3 Å². The number of aryl methyl sites for hydroxylation is 1. The highest BCUT2D eigenvalue weighted by Gasteiger charge is 2.25. The van der Waals surface area contributed by atoms with Crippen LogP contribution in [0.5, 0.6) is 5.75 Å². The molecule has 1 aliphatic carbocycles. The molecular formula is C20H22BN5O2. The standard InChI is InChI=1S/C20H22BN5O2/c1-13-12-23-20(26-19(13)25-17-5-3-2-4-15(17)11-22)24-16-6-7-18-14(10-16)8-9-21(27)28-18/h6-10,12,15,17,27H,2-5H2,1H3,(H2,23,24,25,26)/t15-,17?/m1/s1. The summed E-state index contributed by atoms with van der Waals surface area (Å²) in [6.45, 7) is 1.96. The van der Waals surface area contributed by atoms with E-state index >= 15 is 0 Å². The van der Waals surface area contributed by atoms with E-state index in [1.54, 1.807) is 18.2 Å². The summed E-state index contributed by atoms with van der Waals surface area (Å²) in [6.07, 6.45) is 7.75. The Morgan fingerprint density at radius 2 is 2.18 bits per heavy atom. The van der Waals surface area contributed by atoms with E-state index in [9.17, 15) is 10.3 Å². The van der Waals surface area contributed by atoms with Gasteiger partial charge in [-0.1, -0.05) is 18.9 Å². The van der Waals surface area contributed by atoms with Gasteiger partial charge in [0, 0.05) is 29.1 Å². The average molecular weight is 375 g/mol. The lowest BCUT2D eigenvalue weighted by Gasteiger charge is -2.28. The van der Waals surface area contributed by atoms with E-state index in [1.165, 1.54) is 0 Å². The first-order valence-corrected chi connectivity index (χ1v) is 9.56. The Morgan fingerprint density at radius 1 is 1.32 bits per heavy atom. The van der Waals surface area contributed by atoms with Gasteiger partial charge in [0.25, 0.3) is 0 Å². The number of nitrogens with zero attached hydrogens (tertiary/aromatic N) is 3. The van der Waals surface area contributed by atoms with Gasteiger partial charge in [-0.15, -0.1) is 0 Å². The average Bonchev–Trinajstić information content (AvgIpc) is 2.71. The Labute approximate surface area is 164 Å². The molecule has 1 aromatic heterocycles. The fourth-order valence-corrected chi connectivity index (χ4v) is 3.63. The van der Waals surface area contributed by atoms with E-state index in [0.29, 0.717) is 11.7 Å². The maximum atomic E-state index is 9.52. The molecule has 3 N–H and O–H groups in total. The lowest BCUT2D eigenvalue weighted by Crippen LogP contribution is -2.32. The van der Waals surface area contributed by atoms with E-state index in [2.05, 4.69) is 26.7 Å². The van der Waals surface area contributed by atoms with Gasteiger partial charge in [-0.2, -0.15) is 10.2 Å². The zero-order chi connectivity index (χ0) is 19.5. The third kappa shape index (κ3) is 3.95. The number of hydrogen-bond donors (Lipinski definition) is 3. The second kappa shape index (κ2) is 7.91. The summed E-state index contributed by atoms with van der Waals surface area (Å²) in [5.41, 5.74) is 2.65. The predicted molar refractivity (Wildman–Crippen MR) is 109 cm³/mol. The normalized spacial score (nSPS) is 20.7. The van der Waals surface area contributed by atoms with Gasteiger partial charge in [-0.25, -0.2) is 4.98 Å². The minimum absolute atomic E-state index is 0.0160. The van der Waals surface area contributed by atoms with Crippen molar-refractivity contribution < 1.29 is 9.68 Å². The molecule has 0 radical (unpaired) electrons. The number of rotatable bonds is 4. The summed E-state index contributed by atoms with van der Waals surface area (Å²) in [7, 11) is -0.905. The van der Waals surface area contributed by atoms with Crippen molar-refractivity contribution in [2.75, 3.05) is 10.6 Å². The zero-order valence-corrected chi connectivity index (χ0v) is 15.7. The molecule has 8 heteroatoms. The largest absolute Gasteiger partial charge is 0.552 e. The van der Waals surface area contributed by atoms with Crippen molar-refractivity contribution >= 4 is 30.6 Å². The summed E-state index contributed by atoms with van der Waals surface area (Å²) >= 11 is 0. The van der Waals surface area contributed by atoms with Crippen LogP contribution in [-0.2, 0) is 0 Å². The van der Waals surface area contributed by atoms with Crippen molar-refractivity contribution in [2.24, 2.45) is 5.92 Å². The van der Waals surface area contributed by atoms with Crippen molar-refractivity contribution in [3.63, 3.8) is 0 Å². The molecule has 0 bridgehead atoms. The summed E-state index contributed by atoms with van der Waals surface area (Å²) in [4.78, 5) is 9.00. The topological polar surface area (TPSA) is 103 Å². The molecule has 2 aliphatic rings. The summed E-state index contributed by atoms with van der Waals surface area (Å²) in [6, 6.07) is 8.12. The number of anilines is 3. The molecule has 2 heterocycles. The molecule has 0 spiro atoms. The molecule has 1 saturated carbocycles. The molecule has 28 heavy (non-hydrogen) atoms. The maximum Gasteiger partial charge on any atom is 0.552 e. The van der Waals surface area contributed by atoms with Crippen LogP contribution in [0.25, 0.3) is 6.08 Å². The monoisotopic (exact) mass is 375 g/mol. The molecule has 1 aliphatic heterocycles. The molecule has 1 aromatic carbocycles. The van der Waals surface area contributed by atoms with E-state index in [1.807, 2.05) is 25.1 Å². The first-order valence-electron chi connectivity index (χ1n) is 9.56. The smallest absolute Gasteiger partial charge is 0.532 e. The van der Waals surface area contributed by atoms with E-state index in [-0.39, 0.29) is 12.0 Å². The van der Waals surface area contributed by atoms with E-state index < -0.39 is 7.12 Å². The Hall–Kier alpha value is -3.05. The molecule has 4 rings (SSSR count). The van der Waals surface area contributed by atoms with Crippen LogP contribution in [0.3, 0.4) is 0 Å². The molecule has 1 unspecified atom stereocenters. The molecule has 142 valence electrons. The number of hydrogen-bond acceptors (Lipinski definition) is 7.